The molecule has 0 atom stereocenters. The first-order chi connectivity index (χ1) is 10.1. The lowest BCUT2D eigenvalue weighted by Gasteiger charge is -2.20. The topological polar surface area (TPSA) is 114 Å². The van der Waals surface area contributed by atoms with Crippen LogP contribution in [0.4, 0.5) is 0 Å². The van der Waals surface area contributed by atoms with Crippen LogP contribution >= 0.6 is 0 Å². The second-order valence-corrected chi connectivity index (χ2v) is 4.18. The van der Waals surface area contributed by atoms with Crippen LogP contribution in [0, 0.1) is 0 Å². The summed E-state index contributed by atoms with van der Waals surface area (Å²) in [5.41, 5.74) is 0.262. The molecule has 0 spiro atoms. The summed E-state index contributed by atoms with van der Waals surface area (Å²) in [4.78, 5) is 33.6. The maximum absolute atomic E-state index is 12.0. The molecule has 1 aromatic rings. The zero-order valence-electron chi connectivity index (χ0n) is 11.0. The molecule has 1 aromatic carbocycles. The minimum Gasteiger partial charge on any atom is -0.486 e. The maximum atomic E-state index is 12.0. The molecule has 0 bridgehead atoms. The maximum Gasteiger partial charge on any atom is 0.322 e. The van der Waals surface area contributed by atoms with Gasteiger partial charge >= 0.3 is 5.97 Å². The van der Waals surface area contributed by atoms with Gasteiger partial charge in [0.05, 0.1) is 12.1 Å². The molecule has 0 saturated carbocycles. The first-order valence-corrected chi connectivity index (χ1v) is 6.23. The molecule has 2 rings (SSSR count). The molecule has 0 radical (unpaired) electrons. The fourth-order valence-corrected chi connectivity index (χ4v) is 1.75. The number of hydrogen-bond donors (Lipinski definition) is 3. The molecule has 0 unspecified atom stereocenters. The van der Waals surface area contributed by atoms with E-state index in [1.54, 1.807) is 18.2 Å². The van der Waals surface area contributed by atoms with E-state index < -0.39 is 24.3 Å². The van der Waals surface area contributed by atoms with Crippen LogP contribution in [0.25, 0.3) is 0 Å². The Kier molecular flexibility index (Phi) is 4.60. The van der Waals surface area contributed by atoms with Crippen molar-refractivity contribution < 1.29 is 29.0 Å². The third-order valence-corrected chi connectivity index (χ3v) is 2.66. The van der Waals surface area contributed by atoms with Gasteiger partial charge in [0.25, 0.3) is 5.91 Å². The van der Waals surface area contributed by atoms with E-state index in [-0.39, 0.29) is 12.1 Å². The largest absolute Gasteiger partial charge is 0.486 e. The summed E-state index contributed by atoms with van der Waals surface area (Å²) in [7, 11) is 0. The number of carboxylic acids is 1. The van der Waals surface area contributed by atoms with Gasteiger partial charge in [-0.2, -0.15) is 0 Å². The zero-order valence-corrected chi connectivity index (χ0v) is 11.0. The fraction of sp³-hybridized carbons (Fsp3) is 0.308. The SMILES string of the molecule is O=C(O)CNC(=O)CNC(=O)c1cccc2c1OCCO2. The minimum atomic E-state index is -1.16. The van der Waals surface area contributed by atoms with Gasteiger partial charge in [-0.25, -0.2) is 0 Å². The van der Waals surface area contributed by atoms with Crippen molar-refractivity contribution in [3.8, 4) is 11.5 Å². The normalized spacial score (nSPS) is 12.4. The van der Waals surface area contributed by atoms with E-state index >= 15 is 0 Å². The Morgan fingerprint density at radius 3 is 2.62 bits per heavy atom. The van der Waals surface area contributed by atoms with Crippen LogP contribution in [0.15, 0.2) is 18.2 Å². The predicted molar refractivity (Wildman–Crippen MR) is 70.4 cm³/mol. The molecule has 21 heavy (non-hydrogen) atoms. The fourth-order valence-electron chi connectivity index (χ4n) is 1.75. The van der Waals surface area contributed by atoms with Crippen LogP contribution in [-0.2, 0) is 9.59 Å². The highest BCUT2D eigenvalue weighted by molar-refractivity contribution is 5.99. The van der Waals surface area contributed by atoms with Crippen molar-refractivity contribution in [1.82, 2.24) is 10.6 Å². The highest BCUT2D eigenvalue weighted by Gasteiger charge is 2.20. The molecule has 2 amide bonds. The zero-order chi connectivity index (χ0) is 15.2. The molecule has 1 aliphatic rings. The molecule has 1 heterocycles. The van der Waals surface area contributed by atoms with E-state index in [4.69, 9.17) is 14.6 Å². The lowest BCUT2D eigenvalue weighted by molar-refractivity contribution is -0.137. The number of para-hydroxylation sites is 1. The second-order valence-electron chi connectivity index (χ2n) is 4.18. The molecule has 0 saturated heterocycles. The summed E-state index contributed by atoms with van der Waals surface area (Å²) in [6.07, 6.45) is 0. The minimum absolute atomic E-state index is 0.262. The molecule has 0 aliphatic carbocycles. The first-order valence-electron chi connectivity index (χ1n) is 6.23. The monoisotopic (exact) mass is 294 g/mol. The number of amides is 2. The van der Waals surface area contributed by atoms with E-state index in [1.165, 1.54) is 0 Å². The Labute approximate surface area is 120 Å². The van der Waals surface area contributed by atoms with Gasteiger partial charge in [0.2, 0.25) is 5.91 Å². The van der Waals surface area contributed by atoms with Gasteiger partial charge in [0.15, 0.2) is 11.5 Å². The molecule has 112 valence electrons. The number of carbonyl (C=O) groups is 3. The van der Waals surface area contributed by atoms with Crippen LogP contribution < -0.4 is 20.1 Å². The van der Waals surface area contributed by atoms with Crippen molar-refractivity contribution in [3.05, 3.63) is 23.8 Å². The number of aliphatic carboxylic acids is 1. The van der Waals surface area contributed by atoms with Crippen molar-refractivity contribution in [1.29, 1.82) is 0 Å². The molecular weight excluding hydrogens is 280 g/mol. The number of carbonyl (C=O) groups excluding carboxylic acids is 2. The van der Waals surface area contributed by atoms with Crippen molar-refractivity contribution >= 4 is 17.8 Å². The van der Waals surface area contributed by atoms with Gasteiger partial charge in [-0.05, 0) is 12.1 Å². The van der Waals surface area contributed by atoms with Crippen molar-refractivity contribution in [2.75, 3.05) is 26.3 Å². The second kappa shape index (κ2) is 6.60. The summed E-state index contributed by atoms with van der Waals surface area (Å²) >= 11 is 0. The highest BCUT2D eigenvalue weighted by atomic mass is 16.6. The number of hydrogen-bond acceptors (Lipinski definition) is 5. The number of nitrogens with one attached hydrogen (secondary N) is 2. The highest BCUT2D eigenvalue weighted by Crippen LogP contribution is 2.33. The van der Waals surface area contributed by atoms with E-state index in [2.05, 4.69) is 10.6 Å². The van der Waals surface area contributed by atoms with Gasteiger partial charge in [-0.15, -0.1) is 0 Å². The summed E-state index contributed by atoms with van der Waals surface area (Å²) in [6.45, 7) is -0.0604. The predicted octanol–water partition coefficient (Wildman–Crippen LogP) is -0.612. The summed E-state index contributed by atoms with van der Waals surface area (Å²) < 4.78 is 10.8. The van der Waals surface area contributed by atoms with Gasteiger partial charge < -0.3 is 25.2 Å². The number of rotatable bonds is 5. The summed E-state index contributed by atoms with van der Waals surface area (Å²) in [5, 5.41) is 13.0. The standard InChI is InChI=1S/C13H14N2O6/c16-10(14-7-11(17)18)6-15-13(19)8-2-1-3-9-12(8)21-5-4-20-9/h1-3H,4-7H2,(H,14,16)(H,15,19)(H,17,18). The molecule has 8 nitrogen and oxygen atoms in total. The van der Waals surface area contributed by atoms with Crippen LogP contribution in [0.2, 0.25) is 0 Å². The Bertz CT molecular complexity index is 572. The molecular formula is C13H14N2O6. The van der Waals surface area contributed by atoms with Crippen molar-refractivity contribution in [2.24, 2.45) is 0 Å². The average Bonchev–Trinajstić information content (AvgIpc) is 2.50. The van der Waals surface area contributed by atoms with E-state index in [1.807, 2.05) is 0 Å². The van der Waals surface area contributed by atoms with Crippen molar-refractivity contribution in [3.63, 3.8) is 0 Å². The van der Waals surface area contributed by atoms with Gasteiger partial charge in [-0.3, -0.25) is 14.4 Å². The molecule has 1 aliphatic heterocycles. The van der Waals surface area contributed by atoms with Crippen LogP contribution in [-0.4, -0.2) is 49.2 Å². The number of benzene rings is 1. The lowest BCUT2D eigenvalue weighted by Crippen LogP contribution is -2.39. The Balaban J connectivity index is 1.95. The van der Waals surface area contributed by atoms with Gasteiger partial charge in [0.1, 0.15) is 19.8 Å². The van der Waals surface area contributed by atoms with E-state index in [9.17, 15) is 14.4 Å². The molecule has 0 aromatic heterocycles. The van der Waals surface area contributed by atoms with Crippen LogP contribution in [0.5, 0.6) is 11.5 Å². The van der Waals surface area contributed by atoms with Crippen LogP contribution in [0.1, 0.15) is 10.4 Å². The average molecular weight is 294 g/mol. The smallest absolute Gasteiger partial charge is 0.322 e. The Morgan fingerprint density at radius 2 is 1.86 bits per heavy atom. The Morgan fingerprint density at radius 1 is 1.10 bits per heavy atom. The third kappa shape index (κ3) is 3.85. The van der Waals surface area contributed by atoms with Crippen molar-refractivity contribution in [2.45, 2.75) is 0 Å². The quantitative estimate of drug-likeness (QED) is 0.667. The van der Waals surface area contributed by atoms with Crippen LogP contribution in [0.3, 0.4) is 0 Å². The summed E-state index contributed by atoms with van der Waals surface area (Å²) in [5.74, 6) is -1.43. The molecule has 8 heteroatoms. The number of ether oxygens (including phenoxy) is 2. The lowest BCUT2D eigenvalue weighted by atomic mass is 10.1. The Hall–Kier alpha value is -2.77. The molecule has 0 fully saturated rings. The molecule has 3 N–H and O–H groups in total. The number of fused-ring (bicyclic) bond motifs is 1. The van der Waals surface area contributed by atoms with Gasteiger partial charge in [-0.1, -0.05) is 6.07 Å². The first kappa shape index (κ1) is 14.6. The van der Waals surface area contributed by atoms with E-state index in [0.29, 0.717) is 24.7 Å². The van der Waals surface area contributed by atoms with Gasteiger partial charge in [0, 0.05) is 0 Å². The third-order valence-electron chi connectivity index (χ3n) is 2.66. The summed E-state index contributed by atoms with van der Waals surface area (Å²) in [6, 6.07) is 4.88. The number of carboxylic acid groups (broad SMARTS) is 1. The van der Waals surface area contributed by atoms with E-state index in [0.717, 1.165) is 0 Å².